The highest BCUT2D eigenvalue weighted by molar-refractivity contribution is 5.66. The zero-order chi connectivity index (χ0) is 13.0. The fraction of sp³-hybridized carbons (Fsp3) is 0.273. The summed E-state index contributed by atoms with van der Waals surface area (Å²) in [5.74, 6) is -0.440. The van der Waals surface area contributed by atoms with Gasteiger partial charge in [-0.25, -0.2) is 9.89 Å². The topological polar surface area (TPSA) is 101 Å². The first kappa shape index (κ1) is 12.0. The van der Waals surface area contributed by atoms with Crippen LogP contribution in [-0.4, -0.2) is 30.8 Å². The van der Waals surface area contributed by atoms with Crippen molar-refractivity contribution in [2.45, 2.75) is 19.4 Å². The Morgan fingerprint density at radius 1 is 1.50 bits per heavy atom. The Kier molecular flexibility index (Phi) is 3.52. The number of hydrogen-bond acceptors (Lipinski definition) is 4. The summed E-state index contributed by atoms with van der Waals surface area (Å²) in [6.07, 6.45) is 3.66. The molecule has 2 aromatic rings. The molecule has 0 saturated heterocycles. The van der Waals surface area contributed by atoms with Gasteiger partial charge in [0.15, 0.2) is 0 Å². The molecule has 0 spiro atoms. The number of hydrogen-bond donors (Lipinski definition) is 2. The van der Waals surface area contributed by atoms with Crippen molar-refractivity contribution in [1.82, 2.24) is 19.7 Å². The normalized spacial score (nSPS) is 10.4. The van der Waals surface area contributed by atoms with Gasteiger partial charge in [-0.15, -0.1) is 0 Å². The molecular weight excluding hydrogens is 236 g/mol. The van der Waals surface area contributed by atoms with E-state index in [9.17, 15) is 9.59 Å². The highest BCUT2D eigenvalue weighted by Gasteiger charge is 2.10. The van der Waals surface area contributed by atoms with E-state index in [1.807, 2.05) is 6.07 Å². The van der Waals surface area contributed by atoms with Gasteiger partial charge >= 0.3 is 11.7 Å². The molecule has 94 valence electrons. The molecule has 0 fully saturated rings. The lowest BCUT2D eigenvalue weighted by atomic mass is 10.2. The van der Waals surface area contributed by atoms with Gasteiger partial charge in [-0.3, -0.25) is 14.3 Å². The van der Waals surface area contributed by atoms with Crippen LogP contribution in [0, 0.1) is 0 Å². The van der Waals surface area contributed by atoms with Crippen molar-refractivity contribution in [3.63, 3.8) is 0 Å². The van der Waals surface area contributed by atoms with Crippen molar-refractivity contribution < 1.29 is 9.90 Å². The fourth-order valence-electron chi connectivity index (χ4n) is 1.61. The van der Waals surface area contributed by atoms with Crippen LogP contribution in [0.5, 0.6) is 0 Å². The lowest BCUT2D eigenvalue weighted by Gasteiger charge is -2.03. The molecule has 0 amide bonds. The highest BCUT2D eigenvalue weighted by Crippen LogP contribution is 2.04. The van der Waals surface area contributed by atoms with Gasteiger partial charge in [0, 0.05) is 25.4 Å². The molecule has 2 aromatic heterocycles. The first-order valence-electron chi connectivity index (χ1n) is 5.41. The molecule has 7 nitrogen and oxygen atoms in total. The van der Waals surface area contributed by atoms with Crippen molar-refractivity contribution in [1.29, 1.82) is 0 Å². The molecule has 2 rings (SSSR count). The van der Waals surface area contributed by atoms with Crippen LogP contribution in [0.3, 0.4) is 0 Å². The summed E-state index contributed by atoms with van der Waals surface area (Å²) < 4.78 is 1.33. The Morgan fingerprint density at radius 2 is 2.33 bits per heavy atom. The maximum Gasteiger partial charge on any atom is 0.343 e. The van der Waals surface area contributed by atoms with Crippen molar-refractivity contribution in [2.75, 3.05) is 0 Å². The van der Waals surface area contributed by atoms with Crippen molar-refractivity contribution in [3.05, 3.63) is 46.4 Å². The van der Waals surface area contributed by atoms with E-state index < -0.39 is 11.7 Å². The number of aromatic amines is 1. The standard InChI is InChI=1S/C11H12N4O3/c16-10(17)3-5-15-9(13-14-11(15)18)6-8-2-1-4-12-7-8/h1-2,4,7H,3,5-6H2,(H,14,18)(H,16,17). The number of nitrogens with one attached hydrogen (secondary N) is 1. The number of carboxylic acids is 1. The lowest BCUT2D eigenvalue weighted by molar-refractivity contribution is -0.137. The van der Waals surface area contributed by atoms with Crippen LogP contribution in [0.15, 0.2) is 29.3 Å². The first-order chi connectivity index (χ1) is 8.66. The Hall–Kier alpha value is -2.44. The second-order valence-electron chi connectivity index (χ2n) is 3.78. The molecule has 0 radical (unpaired) electrons. The van der Waals surface area contributed by atoms with Crippen LogP contribution >= 0.6 is 0 Å². The molecule has 0 aliphatic carbocycles. The maximum absolute atomic E-state index is 11.5. The summed E-state index contributed by atoms with van der Waals surface area (Å²) in [6.45, 7) is 0.111. The Labute approximate surface area is 102 Å². The number of rotatable bonds is 5. The summed E-state index contributed by atoms with van der Waals surface area (Å²) in [5.41, 5.74) is 0.517. The minimum Gasteiger partial charge on any atom is -0.481 e. The number of H-pyrrole nitrogens is 1. The Morgan fingerprint density at radius 3 is 3.00 bits per heavy atom. The van der Waals surface area contributed by atoms with Crippen LogP contribution in [0.1, 0.15) is 17.8 Å². The van der Waals surface area contributed by atoms with Gasteiger partial charge in [-0.2, -0.15) is 5.10 Å². The van der Waals surface area contributed by atoms with Crippen LogP contribution in [0.25, 0.3) is 0 Å². The number of carbonyl (C=O) groups is 1. The van der Waals surface area contributed by atoms with Crippen LogP contribution in [0.2, 0.25) is 0 Å². The van der Waals surface area contributed by atoms with E-state index in [0.717, 1.165) is 5.56 Å². The lowest BCUT2D eigenvalue weighted by Crippen LogP contribution is -2.20. The average Bonchev–Trinajstić information content (AvgIpc) is 2.69. The molecule has 0 bridgehead atoms. The molecule has 18 heavy (non-hydrogen) atoms. The predicted octanol–water partition coefficient (Wildman–Crippen LogP) is 0.0319. The number of pyridine rings is 1. The average molecular weight is 248 g/mol. The third kappa shape index (κ3) is 2.82. The molecule has 0 saturated carbocycles. The smallest absolute Gasteiger partial charge is 0.343 e. The summed E-state index contributed by atoms with van der Waals surface area (Å²) in [7, 11) is 0. The fourth-order valence-corrected chi connectivity index (χ4v) is 1.61. The van der Waals surface area contributed by atoms with E-state index in [-0.39, 0.29) is 13.0 Å². The molecular formula is C11H12N4O3. The second kappa shape index (κ2) is 5.26. The third-order valence-corrected chi connectivity index (χ3v) is 2.47. The maximum atomic E-state index is 11.5. The van der Waals surface area contributed by atoms with Crippen molar-refractivity contribution in [2.24, 2.45) is 0 Å². The van der Waals surface area contributed by atoms with Gasteiger partial charge < -0.3 is 5.11 Å². The SMILES string of the molecule is O=C(O)CCn1c(Cc2cccnc2)n[nH]c1=O. The zero-order valence-electron chi connectivity index (χ0n) is 9.54. The monoisotopic (exact) mass is 248 g/mol. The molecule has 0 aliphatic rings. The van der Waals surface area contributed by atoms with E-state index in [0.29, 0.717) is 12.2 Å². The summed E-state index contributed by atoms with van der Waals surface area (Å²) in [6, 6.07) is 3.66. The first-order valence-corrected chi connectivity index (χ1v) is 5.41. The number of aromatic nitrogens is 4. The van der Waals surface area contributed by atoms with Crippen LogP contribution < -0.4 is 5.69 Å². The van der Waals surface area contributed by atoms with Crippen LogP contribution in [-0.2, 0) is 17.8 Å². The largest absolute Gasteiger partial charge is 0.481 e. The summed E-state index contributed by atoms with van der Waals surface area (Å²) >= 11 is 0. The number of carboxylic acid groups (broad SMARTS) is 1. The second-order valence-corrected chi connectivity index (χ2v) is 3.78. The zero-order valence-corrected chi connectivity index (χ0v) is 9.54. The van der Waals surface area contributed by atoms with E-state index in [2.05, 4.69) is 15.2 Å². The molecule has 0 aromatic carbocycles. The Balaban J connectivity index is 2.18. The number of nitrogens with zero attached hydrogens (tertiary/aromatic N) is 3. The Bertz CT molecular complexity index is 588. The quantitative estimate of drug-likeness (QED) is 0.777. The molecule has 2 N–H and O–H groups in total. The minimum absolute atomic E-state index is 0.111. The van der Waals surface area contributed by atoms with E-state index in [1.54, 1.807) is 18.5 Å². The highest BCUT2D eigenvalue weighted by atomic mass is 16.4. The molecule has 0 unspecified atom stereocenters. The van der Waals surface area contributed by atoms with Gasteiger partial charge in [0.05, 0.1) is 6.42 Å². The summed E-state index contributed by atoms with van der Waals surface area (Å²) in [5, 5.41) is 14.8. The van der Waals surface area contributed by atoms with Gasteiger partial charge in [-0.1, -0.05) is 6.07 Å². The minimum atomic E-state index is -0.949. The van der Waals surface area contributed by atoms with Gasteiger partial charge in [-0.05, 0) is 11.6 Å². The molecule has 7 heteroatoms. The molecule has 0 aliphatic heterocycles. The summed E-state index contributed by atoms with van der Waals surface area (Å²) in [4.78, 5) is 26.0. The number of aliphatic carboxylic acids is 1. The van der Waals surface area contributed by atoms with Crippen molar-refractivity contribution in [3.8, 4) is 0 Å². The van der Waals surface area contributed by atoms with Crippen molar-refractivity contribution >= 4 is 5.97 Å². The van der Waals surface area contributed by atoms with E-state index >= 15 is 0 Å². The van der Waals surface area contributed by atoms with E-state index in [1.165, 1.54) is 4.57 Å². The third-order valence-electron chi connectivity index (χ3n) is 2.47. The van der Waals surface area contributed by atoms with Gasteiger partial charge in [0.25, 0.3) is 0 Å². The van der Waals surface area contributed by atoms with Crippen LogP contribution in [0.4, 0.5) is 0 Å². The molecule has 0 atom stereocenters. The van der Waals surface area contributed by atoms with Gasteiger partial charge in [0.1, 0.15) is 5.82 Å². The predicted molar refractivity (Wildman–Crippen MR) is 62.1 cm³/mol. The van der Waals surface area contributed by atoms with E-state index in [4.69, 9.17) is 5.11 Å². The molecule has 2 heterocycles. The van der Waals surface area contributed by atoms with Gasteiger partial charge in [0.2, 0.25) is 0 Å².